The van der Waals surface area contributed by atoms with Gasteiger partial charge >= 0.3 is 0 Å². The molecule has 0 saturated heterocycles. The molecule has 24 rings (SSSR count). The van der Waals surface area contributed by atoms with E-state index in [0.717, 1.165) is 47.3 Å². The standard InChI is InChI=1S/2C23H24N.2C22H22N.4C2H6/c1-15-7-12-19-17-8-10-18(11-9-17)22(19)21(15)23-20-6-4-3-5-16(20)13-14-24(23)2;1-15-13-21-17-7-9-18(10-8-17)22(21)14-20(15)23-19-6-4-3-5-16(19)11-12-24(23)2;1-14-9-21-17-10-15(11-17)12-18(21)13-20(14)22-19-6-4-3-5-16(19)7-8-23(22)2;1-14-9-17-10-15-11-18(12-15)21(17)13-20(14)22-19-6-4-3-5-16(19)7-8-23(22)2;4*1-2/h3-7,12-14,17-18H,8-11H2,1-2H3;3-6,11-14,17-18H,7-10H2,1-2H3;3-9,13,15,17H,10-12H2,1-2H3;3-9,13,15,18H,10-12H2,1-2H3;4*1-2H3/q4*+1;;;;. The molecule has 4 aromatic heterocycles. The van der Waals surface area contributed by atoms with Crippen molar-refractivity contribution in [1.29, 1.82) is 0 Å². The number of aryl methyl sites for hydroxylation is 8. The van der Waals surface area contributed by atoms with Crippen molar-refractivity contribution in [2.75, 3.05) is 0 Å². The maximum absolute atomic E-state index is 2.53. The molecule has 4 heteroatoms. The zero-order valence-electron chi connectivity index (χ0n) is 64.8. The molecule has 0 spiro atoms. The van der Waals surface area contributed by atoms with Crippen molar-refractivity contribution in [1.82, 2.24) is 0 Å². The minimum absolute atomic E-state index is 0.763. The number of fused-ring (bicyclic) bond motifs is 8. The first-order valence-corrected chi connectivity index (χ1v) is 39.9. The number of aromatic nitrogens is 4. The van der Waals surface area contributed by atoms with Crippen LogP contribution in [-0.4, -0.2) is 0 Å². The maximum Gasteiger partial charge on any atom is 0.220 e. The monoisotopic (exact) mass is 1350 g/mol. The summed E-state index contributed by atoms with van der Waals surface area (Å²) >= 11 is 0. The Kier molecular flexibility index (Phi) is 21.9. The third kappa shape index (κ3) is 13.4. The average Bonchev–Trinajstić information content (AvgIpc) is 0.739. The van der Waals surface area contributed by atoms with Gasteiger partial charge in [-0.1, -0.05) is 159 Å². The second kappa shape index (κ2) is 31.2. The molecule has 0 N–H and O–H groups in total. The van der Waals surface area contributed by atoms with Gasteiger partial charge in [-0.05, 0) is 296 Å². The Labute approximate surface area is 612 Å². The summed E-state index contributed by atoms with van der Waals surface area (Å²) in [5.41, 5.74) is 30.0. The van der Waals surface area contributed by atoms with E-state index in [1.54, 1.807) is 44.5 Å². The highest BCUT2D eigenvalue weighted by atomic mass is 14.9. The van der Waals surface area contributed by atoms with Gasteiger partial charge in [0.1, 0.15) is 28.2 Å². The van der Waals surface area contributed by atoms with Crippen LogP contribution in [0, 0.1) is 39.5 Å². The molecule has 8 aromatic carbocycles. The molecule has 0 atom stereocenters. The average molecular weight is 1350 g/mol. The molecule has 4 fully saturated rings. The quantitative estimate of drug-likeness (QED) is 0.156. The molecule has 102 heavy (non-hydrogen) atoms. The molecule has 0 aliphatic heterocycles. The van der Waals surface area contributed by atoms with Gasteiger partial charge in [-0.15, -0.1) is 0 Å². The SMILES string of the molecule is CC.CC.CC.CC.Cc1cc2c(cc1-c1c3ccccc3cc[n+]1C)C1CC(C2)C1.Cc1cc2c(cc1-c1c3ccccc3cc[n+]1C)C1CCC2CC1.Cc1cc2c(cc1-c1c3ccccc3cc[n+]1C)CC1CC2C1.Cc1ccc2c(c1-c1c3ccccc3cc[n+]1C)C1CCC2CC1. The molecule has 12 aliphatic rings. The lowest BCUT2D eigenvalue weighted by Crippen LogP contribution is -2.32. The van der Waals surface area contributed by atoms with E-state index in [9.17, 15) is 0 Å². The fourth-order valence-electron chi connectivity index (χ4n) is 19.7. The number of nitrogens with zero attached hydrogens (tertiary/aromatic N) is 4. The molecule has 524 valence electrons. The van der Waals surface area contributed by atoms with Crippen LogP contribution in [0.1, 0.15) is 235 Å². The molecular weight excluding hydrogens is 1230 g/mol. The minimum atomic E-state index is 0.763. The number of rotatable bonds is 4. The van der Waals surface area contributed by atoms with Crippen LogP contribution in [0.3, 0.4) is 0 Å². The third-order valence-corrected chi connectivity index (χ3v) is 24.6. The lowest BCUT2D eigenvalue weighted by molar-refractivity contribution is -0.659. The highest BCUT2D eigenvalue weighted by Crippen LogP contribution is 2.56. The molecule has 0 unspecified atom stereocenters. The fourth-order valence-corrected chi connectivity index (χ4v) is 19.7. The lowest BCUT2D eigenvalue weighted by atomic mass is 9.62. The molecule has 12 aliphatic carbocycles. The zero-order valence-corrected chi connectivity index (χ0v) is 64.8. The van der Waals surface area contributed by atoms with Crippen LogP contribution < -0.4 is 18.3 Å². The van der Waals surface area contributed by atoms with Crippen LogP contribution in [0.25, 0.3) is 88.1 Å². The predicted octanol–water partition coefficient (Wildman–Crippen LogP) is 24.3. The van der Waals surface area contributed by atoms with Crippen molar-refractivity contribution in [3.8, 4) is 45.0 Å². The van der Waals surface area contributed by atoms with Crippen LogP contribution >= 0.6 is 0 Å². The highest BCUT2D eigenvalue weighted by molar-refractivity contribution is 5.97. The first kappa shape index (κ1) is 71.8. The van der Waals surface area contributed by atoms with E-state index < -0.39 is 0 Å². The number of hydrogen-bond donors (Lipinski definition) is 0. The molecule has 12 aromatic rings. The van der Waals surface area contributed by atoms with Gasteiger partial charge in [0, 0.05) is 29.8 Å². The Morgan fingerprint density at radius 3 is 1.02 bits per heavy atom. The van der Waals surface area contributed by atoms with E-state index in [2.05, 4.69) is 269 Å². The van der Waals surface area contributed by atoms with Gasteiger partial charge < -0.3 is 0 Å². The number of hydrogen-bond acceptors (Lipinski definition) is 0. The van der Waals surface area contributed by atoms with Gasteiger partial charge in [-0.3, -0.25) is 0 Å². The van der Waals surface area contributed by atoms with E-state index in [0.29, 0.717) is 0 Å². The van der Waals surface area contributed by atoms with Gasteiger partial charge in [0.05, 0.1) is 38.2 Å². The van der Waals surface area contributed by atoms with E-state index in [1.165, 1.54) is 200 Å². The van der Waals surface area contributed by atoms with Gasteiger partial charge in [-0.25, -0.2) is 18.3 Å². The summed E-state index contributed by atoms with van der Waals surface area (Å²) in [7, 11) is 8.70. The number of benzene rings is 8. The second-order valence-corrected chi connectivity index (χ2v) is 30.3. The summed E-state index contributed by atoms with van der Waals surface area (Å²) in [5, 5.41) is 10.7. The van der Waals surface area contributed by atoms with Crippen LogP contribution in [0.2, 0.25) is 0 Å². The van der Waals surface area contributed by atoms with Crippen molar-refractivity contribution in [3.63, 3.8) is 0 Å². The van der Waals surface area contributed by atoms with Crippen molar-refractivity contribution < 1.29 is 18.3 Å². The van der Waals surface area contributed by atoms with Gasteiger partial charge in [0.25, 0.3) is 0 Å². The summed E-state index contributed by atoms with van der Waals surface area (Å²) in [6.45, 7) is 25.1. The summed E-state index contributed by atoms with van der Waals surface area (Å²) < 4.78 is 9.18. The van der Waals surface area contributed by atoms with Crippen molar-refractivity contribution in [3.05, 3.63) is 261 Å². The normalized spacial score (nSPS) is 20.4. The zero-order chi connectivity index (χ0) is 71.6. The Hall–Kier alpha value is -8.60. The van der Waals surface area contributed by atoms with Crippen LogP contribution in [0.4, 0.5) is 0 Å². The third-order valence-electron chi connectivity index (χ3n) is 24.6. The Morgan fingerprint density at radius 1 is 0.275 bits per heavy atom. The highest BCUT2D eigenvalue weighted by Gasteiger charge is 2.41. The summed E-state index contributed by atoms with van der Waals surface area (Å²) in [6, 6.07) is 63.7. The number of pyridine rings is 4. The van der Waals surface area contributed by atoms with Gasteiger partial charge in [0.15, 0.2) is 24.8 Å². The van der Waals surface area contributed by atoms with Crippen LogP contribution in [0.5, 0.6) is 0 Å². The Bertz CT molecular complexity index is 5010. The van der Waals surface area contributed by atoms with E-state index in [4.69, 9.17) is 0 Å². The Balaban J connectivity index is 0.000000117. The topological polar surface area (TPSA) is 15.5 Å². The van der Waals surface area contributed by atoms with Gasteiger partial charge in [-0.2, -0.15) is 0 Å². The summed E-state index contributed by atoms with van der Waals surface area (Å²) in [4.78, 5) is 0. The molecule has 4 saturated carbocycles. The lowest BCUT2D eigenvalue weighted by Gasteiger charge is -2.43. The van der Waals surface area contributed by atoms with Crippen molar-refractivity contribution in [2.24, 2.45) is 40.0 Å². The molecule has 4 heterocycles. The van der Waals surface area contributed by atoms with E-state index in [-0.39, 0.29) is 0 Å². The smallest absolute Gasteiger partial charge is 0.200 e. The van der Waals surface area contributed by atoms with Crippen molar-refractivity contribution in [2.45, 2.75) is 208 Å². The van der Waals surface area contributed by atoms with Crippen LogP contribution in [0.15, 0.2) is 195 Å². The predicted molar refractivity (Wildman–Crippen MR) is 433 cm³/mol. The molecule has 8 bridgehead atoms. The molecule has 0 radical (unpaired) electrons. The minimum Gasteiger partial charge on any atom is -0.200 e. The maximum atomic E-state index is 2.53. The van der Waals surface area contributed by atoms with E-state index in [1.807, 2.05) is 55.4 Å². The summed E-state index contributed by atoms with van der Waals surface area (Å²) in [6.07, 6.45) is 28.2. The first-order valence-electron chi connectivity index (χ1n) is 39.9. The van der Waals surface area contributed by atoms with E-state index >= 15 is 0 Å². The molecule has 4 nitrogen and oxygen atoms in total. The van der Waals surface area contributed by atoms with Crippen LogP contribution in [-0.2, 0) is 41.0 Å². The van der Waals surface area contributed by atoms with Crippen molar-refractivity contribution >= 4 is 43.1 Å². The Morgan fingerprint density at radius 2 is 0.588 bits per heavy atom. The summed E-state index contributed by atoms with van der Waals surface area (Å²) in [5.74, 6) is 6.75. The van der Waals surface area contributed by atoms with Gasteiger partial charge in [0.2, 0.25) is 22.8 Å². The molecular formula is C98H116N4+4. The molecule has 0 amide bonds. The second-order valence-electron chi connectivity index (χ2n) is 30.3. The largest absolute Gasteiger partial charge is 0.220 e. The fraction of sp³-hybridized carbons (Fsp3) is 0.388. The first-order chi connectivity index (χ1) is 49.9.